The monoisotopic (exact) mass is 392 g/mol. The van der Waals surface area contributed by atoms with Crippen LogP contribution in [0.5, 0.6) is 0 Å². The Hall–Kier alpha value is -3.51. The third-order valence-corrected chi connectivity index (χ3v) is 4.83. The summed E-state index contributed by atoms with van der Waals surface area (Å²) in [5.41, 5.74) is 3.01. The maximum Gasteiger partial charge on any atom is 0.420 e. The van der Waals surface area contributed by atoms with Gasteiger partial charge in [0.05, 0.1) is 5.52 Å². The molecule has 0 radical (unpaired) electrons. The number of hydrogen-bond acceptors (Lipinski definition) is 4. The SMILES string of the molecule is O=C(Cn1c(=O)oc2cc(Cl)ccc21)Nc1ccc2oc3ccccc3c2c1. The number of benzene rings is 3. The minimum atomic E-state index is -0.608. The van der Waals surface area contributed by atoms with Crippen LogP contribution in [-0.2, 0) is 11.3 Å². The van der Waals surface area contributed by atoms with Crippen molar-refractivity contribution in [1.29, 1.82) is 0 Å². The molecule has 0 spiro atoms. The number of hydrogen-bond donors (Lipinski definition) is 1. The van der Waals surface area contributed by atoms with Gasteiger partial charge in [-0.15, -0.1) is 0 Å². The molecule has 2 aromatic heterocycles. The highest BCUT2D eigenvalue weighted by molar-refractivity contribution is 6.31. The highest BCUT2D eigenvalue weighted by Gasteiger charge is 2.14. The van der Waals surface area contributed by atoms with Crippen LogP contribution in [-0.4, -0.2) is 10.5 Å². The van der Waals surface area contributed by atoms with Crippen LogP contribution in [0.1, 0.15) is 0 Å². The Kier molecular flexibility index (Phi) is 3.74. The van der Waals surface area contributed by atoms with Crippen LogP contribution < -0.4 is 11.1 Å². The second-order valence-corrected chi connectivity index (χ2v) is 6.86. The zero-order chi connectivity index (χ0) is 19.3. The Labute approximate surface area is 162 Å². The van der Waals surface area contributed by atoms with E-state index >= 15 is 0 Å². The molecule has 6 nitrogen and oxygen atoms in total. The Balaban J connectivity index is 1.45. The number of nitrogens with zero attached hydrogens (tertiary/aromatic N) is 1. The number of halogens is 1. The first-order chi connectivity index (χ1) is 13.6. The summed E-state index contributed by atoms with van der Waals surface area (Å²) in [6.07, 6.45) is 0. The lowest BCUT2D eigenvalue weighted by Crippen LogP contribution is -2.24. The number of para-hydroxylation sites is 1. The smallest absolute Gasteiger partial charge is 0.420 e. The summed E-state index contributed by atoms with van der Waals surface area (Å²) < 4.78 is 12.2. The zero-order valence-electron chi connectivity index (χ0n) is 14.4. The Morgan fingerprint density at radius 3 is 2.64 bits per heavy atom. The summed E-state index contributed by atoms with van der Waals surface area (Å²) in [6, 6.07) is 18.0. The normalized spacial score (nSPS) is 11.5. The Morgan fingerprint density at radius 1 is 0.929 bits per heavy atom. The number of fused-ring (bicyclic) bond motifs is 4. The number of nitrogens with one attached hydrogen (secondary N) is 1. The van der Waals surface area contributed by atoms with Gasteiger partial charge in [0.25, 0.3) is 0 Å². The van der Waals surface area contributed by atoms with E-state index in [1.807, 2.05) is 36.4 Å². The lowest BCUT2D eigenvalue weighted by Gasteiger charge is -2.06. The Bertz CT molecular complexity index is 1430. The fraction of sp³-hybridized carbons (Fsp3) is 0.0476. The standard InChI is InChI=1S/C21H13ClN2O4/c22-12-5-7-16-19(9-12)28-21(26)24(16)11-20(25)23-13-6-8-18-15(10-13)14-3-1-2-4-17(14)27-18/h1-10H,11H2,(H,23,25). The van der Waals surface area contributed by atoms with Crippen LogP contribution in [0.15, 0.2) is 74.3 Å². The molecule has 2 heterocycles. The minimum absolute atomic E-state index is 0.169. The molecule has 0 saturated carbocycles. The van der Waals surface area contributed by atoms with E-state index in [-0.39, 0.29) is 12.5 Å². The zero-order valence-corrected chi connectivity index (χ0v) is 15.2. The van der Waals surface area contributed by atoms with Gasteiger partial charge in [-0.1, -0.05) is 29.8 Å². The number of rotatable bonds is 3. The van der Waals surface area contributed by atoms with Gasteiger partial charge in [-0.25, -0.2) is 4.79 Å². The van der Waals surface area contributed by atoms with Crippen molar-refractivity contribution in [2.24, 2.45) is 0 Å². The quantitative estimate of drug-likeness (QED) is 0.479. The molecule has 0 aliphatic rings. The number of anilines is 1. The molecule has 138 valence electrons. The van der Waals surface area contributed by atoms with Gasteiger partial charge in [-0.05, 0) is 36.4 Å². The molecular weight excluding hydrogens is 380 g/mol. The molecule has 1 N–H and O–H groups in total. The number of aromatic nitrogens is 1. The summed E-state index contributed by atoms with van der Waals surface area (Å²) in [6.45, 7) is -0.169. The first kappa shape index (κ1) is 16.6. The molecule has 0 fully saturated rings. The van der Waals surface area contributed by atoms with Crippen LogP contribution >= 0.6 is 11.6 Å². The minimum Gasteiger partial charge on any atom is -0.456 e. The lowest BCUT2D eigenvalue weighted by molar-refractivity contribution is -0.116. The number of carbonyl (C=O) groups excluding carboxylic acids is 1. The van der Waals surface area contributed by atoms with E-state index in [0.717, 1.165) is 21.9 Å². The summed E-state index contributed by atoms with van der Waals surface area (Å²) in [4.78, 5) is 24.6. The molecule has 1 amide bonds. The fourth-order valence-corrected chi connectivity index (χ4v) is 3.50. The summed E-state index contributed by atoms with van der Waals surface area (Å²) in [5, 5.41) is 5.16. The average Bonchev–Trinajstić information content (AvgIpc) is 3.19. The fourth-order valence-electron chi connectivity index (χ4n) is 3.34. The summed E-state index contributed by atoms with van der Waals surface area (Å²) in [7, 11) is 0. The van der Waals surface area contributed by atoms with Crippen LogP contribution in [0.25, 0.3) is 33.0 Å². The molecule has 7 heteroatoms. The molecule has 5 aromatic rings. The molecule has 0 aliphatic carbocycles. The predicted octanol–water partition coefficient (Wildman–Crippen LogP) is 4.79. The van der Waals surface area contributed by atoms with E-state index in [4.69, 9.17) is 20.4 Å². The largest absolute Gasteiger partial charge is 0.456 e. The molecule has 0 atom stereocenters. The van der Waals surface area contributed by atoms with Gasteiger partial charge >= 0.3 is 5.76 Å². The van der Waals surface area contributed by atoms with E-state index in [2.05, 4.69) is 5.32 Å². The van der Waals surface area contributed by atoms with Crippen molar-refractivity contribution >= 4 is 56.2 Å². The van der Waals surface area contributed by atoms with Gasteiger partial charge in [0.1, 0.15) is 17.7 Å². The number of carbonyl (C=O) groups is 1. The van der Waals surface area contributed by atoms with Gasteiger partial charge in [0, 0.05) is 27.5 Å². The first-order valence-electron chi connectivity index (χ1n) is 8.58. The van der Waals surface area contributed by atoms with Gasteiger partial charge in [-0.3, -0.25) is 9.36 Å². The summed E-state index contributed by atoms with van der Waals surface area (Å²) in [5.74, 6) is -0.949. The van der Waals surface area contributed by atoms with Gasteiger partial charge in [-0.2, -0.15) is 0 Å². The molecule has 0 bridgehead atoms. The topological polar surface area (TPSA) is 77.4 Å². The molecule has 28 heavy (non-hydrogen) atoms. The lowest BCUT2D eigenvalue weighted by atomic mass is 10.1. The second kappa shape index (κ2) is 6.28. The van der Waals surface area contributed by atoms with E-state index in [0.29, 0.717) is 21.8 Å². The number of amides is 1. The molecule has 5 rings (SSSR count). The van der Waals surface area contributed by atoms with Crippen molar-refractivity contribution in [2.75, 3.05) is 5.32 Å². The van der Waals surface area contributed by atoms with E-state index in [1.54, 1.807) is 24.3 Å². The molecule has 0 aliphatic heterocycles. The molecule has 3 aromatic carbocycles. The van der Waals surface area contributed by atoms with Crippen LogP contribution in [0.4, 0.5) is 5.69 Å². The van der Waals surface area contributed by atoms with Gasteiger partial charge in [0.15, 0.2) is 5.58 Å². The van der Waals surface area contributed by atoms with Gasteiger partial charge < -0.3 is 14.2 Å². The summed E-state index contributed by atoms with van der Waals surface area (Å²) >= 11 is 5.91. The first-order valence-corrected chi connectivity index (χ1v) is 8.96. The van der Waals surface area contributed by atoms with Crippen molar-refractivity contribution in [3.05, 3.63) is 76.2 Å². The van der Waals surface area contributed by atoms with Crippen molar-refractivity contribution < 1.29 is 13.6 Å². The van der Waals surface area contributed by atoms with E-state index in [9.17, 15) is 9.59 Å². The van der Waals surface area contributed by atoms with Crippen LogP contribution in [0.3, 0.4) is 0 Å². The van der Waals surface area contributed by atoms with Crippen molar-refractivity contribution in [1.82, 2.24) is 4.57 Å². The van der Waals surface area contributed by atoms with Crippen molar-refractivity contribution in [2.45, 2.75) is 6.54 Å². The number of oxazole rings is 1. The van der Waals surface area contributed by atoms with Crippen LogP contribution in [0.2, 0.25) is 5.02 Å². The van der Waals surface area contributed by atoms with Crippen LogP contribution in [0, 0.1) is 0 Å². The molecule has 0 saturated heterocycles. The number of furan rings is 1. The van der Waals surface area contributed by atoms with E-state index < -0.39 is 5.76 Å². The third-order valence-electron chi connectivity index (χ3n) is 4.59. The van der Waals surface area contributed by atoms with Crippen molar-refractivity contribution in [3.8, 4) is 0 Å². The van der Waals surface area contributed by atoms with Crippen molar-refractivity contribution in [3.63, 3.8) is 0 Å². The highest BCUT2D eigenvalue weighted by atomic mass is 35.5. The predicted molar refractivity (Wildman–Crippen MR) is 108 cm³/mol. The maximum absolute atomic E-state index is 12.5. The third kappa shape index (κ3) is 2.75. The average molecular weight is 393 g/mol. The molecule has 0 unspecified atom stereocenters. The molecular formula is C21H13ClN2O4. The Morgan fingerprint density at radius 2 is 1.75 bits per heavy atom. The van der Waals surface area contributed by atoms with E-state index in [1.165, 1.54) is 4.57 Å². The second-order valence-electron chi connectivity index (χ2n) is 6.42. The highest BCUT2D eigenvalue weighted by Crippen LogP contribution is 2.30. The maximum atomic E-state index is 12.5. The van der Waals surface area contributed by atoms with Gasteiger partial charge in [0.2, 0.25) is 5.91 Å².